The summed E-state index contributed by atoms with van der Waals surface area (Å²) < 4.78 is 22.6. The molecule has 0 aliphatic heterocycles. The highest BCUT2D eigenvalue weighted by atomic mass is 16.7. The molecule has 1 N–H and O–H groups in total. The lowest BCUT2D eigenvalue weighted by atomic mass is 10.1. The van der Waals surface area contributed by atoms with Crippen LogP contribution in [0.15, 0.2) is 36.5 Å². The summed E-state index contributed by atoms with van der Waals surface area (Å²) in [4.78, 5) is 37.0. The minimum atomic E-state index is -1.51. The highest BCUT2D eigenvalue weighted by Crippen LogP contribution is 2.12. The van der Waals surface area contributed by atoms with Gasteiger partial charge in [0.05, 0.1) is 34.4 Å². The summed E-state index contributed by atoms with van der Waals surface area (Å²) in [5, 5.41) is 9.61. The van der Waals surface area contributed by atoms with E-state index in [1.54, 1.807) is 0 Å². The second-order valence-corrected chi connectivity index (χ2v) is 15.3. The minimum Gasteiger partial charge on any atom is -0.477 e. The largest absolute Gasteiger partial charge is 0.477 e. The number of carbonyl (C=O) groups is 3. The van der Waals surface area contributed by atoms with Crippen LogP contribution in [0.1, 0.15) is 168 Å². The fourth-order valence-electron chi connectivity index (χ4n) is 5.51. The zero-order chi connectivity index (χ0) is 39.3. The van der Waals surface area contributed by atoms with Gasteiger partial charge in [-0.15, -0.1) is 0 Å². The number of allylic oxidation sites excluding steroid dienone is 6. The van der Waals surface area contributed by atoms with Crippen molar-refractivity contribution in [2.24, 2.45) is 0 Å². The predicted molar refractivity (Wildman–Crippen MR) is 217 cm³/mol. The lowest BCUT2D eigenvalue weighted by Gasteiger charge is -2.25. The van der Waals surface area contributed by atoms with Crippen molar-refractivity contribution in [1.82, 2.24) is 0 Å². The fraction of sp³-hybridized carbons (Fsp3) is 0.795. The number of likely N-dealkylation sites (N-methyl/N-ethyl adjacent to an activating group) is 1. The van der Waals surface area contributed by atoms with Crippen molar-refractivity contribution < 1.29 is 42.9 Å². The van der Waals surface area contributed by atoms with Crippen molar-refractivity contribution in [2.45, 2.75) is 180 Å². The van der Waals surface area contributed by atoms with E-state index in [0.717, 1.165) is 77.0 Å². The molecule has 0 bridgehead atoms. The first kappa shape index (κ1) is 50.5. The number of quaternary nitrogens is 1. The van der Waals surface area contributed by atoms with Crippen LogP contribution in [0.3, 0.4) is 0 Å². The summed E-state index contributed by atoms with van der Waals surface area (Å²) in [6, 6.07) is 0. The first-order valence-corrected chi connectivity index (χ1v) is 21.2. The van der Waals surface area contributed by atoms with Crippen molar-refractivity contribution in [3.8, 4) is 0 Å². The van der Waals surface area contributed by atoms with Gasteiger partial charge in [0.2, 0.25) is 0 Å². The maximum Gasteiger partial charge on any atom is 0.361 e. The minimum absolute atomic E-state index is 0.183. The average molecular weight is 751 g/mol. The molecule has 0 fully saturated rings. The Balaban J connectivity index is 4.52. The molecule has 9 nitrogen and oxygen atoms in total. The van der Waals surface area contributed by atoms with Gasteiger partial charge in [0.25, 0.3) is 6.29 Å². The van der Waals surface area contributed by atoms with E-state index in [9.17, 15) is 19.5 Å². The van der Waals surface area contributed by atoms with Gasteiger partial charge in [0.15, 0.2) is 6.10 Å². The Labute approximate surface area is 324 Å². The molecule has 53 heavy (non-hydrogen) atoms. The molecule has 0 heterocycles. The monoisotopic (exact) mass is 751 g/mol. The van der Waals surface area contributed by atoms with Gasteiger partial charge in [-0.25, -0.2) is 4.79 Å². The first-order chi connectivity index (χ1) is 25.6. The van der Waals surface area contributed by atoms with E-state index in [1.165, 1.54) is 57.8 Å². The molecule has 0 saturated heterocycles. The van der Waals surface area contributed by atoms with Crippen LogP contribution in [-0.2, 0) is 33.3 Å². The molecule has 9 heteroatoms. The summed E-state index contributed by atoms with van der Waals surface area (Å²) in [5.74, 6) is -2.04. The molecule has 2 unspecified atom stereocenters. The van der Waals surface area contributed by atoms with Crippen molar-refractivity contribution in [3.05, 3.63) is 36.5 Å². The second-order valence-electron chi connectivity index (χ2n) is 15.3. The summed E-state index contributed by atoms with van der Waals surface area (Å²) >= 11 is 0. The maximum atomic E-state index is 12.7. The van der Waals surface area contributed by atoms with E-state index in [-0.39, 0.29) is 38.6 Å². The topological polar surface area (TPSA) is 108 Å². The number of hydrogen-bond donors (Lipinski definition) is 1. The van der Waals surface area contributed by atoms with E-state index < -0.39 is 24.3 Å². The molecule has 0 amide bonds. The number of hydrogen-bond acceptors (Lipinski definition) is 7. The van der Waals surface area contributed by atoms with Gasteiger partial charge in [-0.2, -0.15) is 0 Å². The van der Waals surface area contributed by atoms with E-state index in [2.05, 4.69) is 50.3 Å². The molecule has 0 spiro atoms. The number of ether oxygens (including phenoxy) is 4. The summed E-state index contributed by atoms with van der Waals surface area (Å²) in [5.41, 5.74) is 0. The van der Waals surface area contributed by atoms with E-state index in [0.29, 0.717) is 17.4 Å². The fourth-order valence-corrected chi connectivity index (χ4v) is 5.51. The van der Waals surface area contributed by atoms with Gasteiger partial charge in [-0.1, -0.05) is 121 Å². The van der Waals surface area contributed by atoms with Crippen LogP contribution < -0.4 is 0 Å². The van der Waals surface area contributed by atoms with E-state index in [1.807, 2.05) is 21.1 Å². The van der Waals surface area contributed by atoms with E-state index in [4.69, 9.17) is 18.9 Å². The Morgan fingerprint density at radius 3 is 1.55 bits per heavy atom. The molecule has 0 radical (unpaired) electrons. The molecule has 2 atom stereocenters. The third-order valence-electron chi connectivity index (χ3n) is 8.87. The van der Waals surface area contributed by atoms with Gasteiger partial charge in [-0.3, -0.25) is 9.59 Å². The molecular formula is C44H80NO8+. The lowest BCUT2D eigenvalue weighted by molar-refractivity contribution is -0.870. The van der Waals surface area contributed by atoms with Crippen molar-refractivity contribution in [3.63, 3.8) is 0 Å². The normalized spacial score (nSPS) is 13.3. The molecule has 0 aromatic rings. The number of unbranched alkanes of at least 4 members (excludes halogenated alkanes) is 17. The average Bonchev–Trinajstić information content (AvgIpc) is 3.11. The van der Waals surface area contributed by atoms with Gasteiger partial charge in [0, 0.05) is 12.8 Å². The van der Waals surface area contributed by atoms with Crippen LogP contribution in [0.25, 0.3) is 0 Å². The highest BCUT2D eigenvalue weighted by Gasteiger charge is 2.25. The Kier molecular flexibility index (Phi) is 34.8. The summed E-state index contributed by atoms with van der Waals surface area (Å²) in [6.45, 7) is 4.79. The number of esters is 2. The molecule has 0 rings (SSSR count). The Morgan fingerprint density at radius 1 is 0.566 bits per heavy atom. The first-order valence-electron chi connectivity index (χ1n) is 21.2. The number of nitrogens with zero attached hydrogens (tertiary/aromatic N) is 1. The lowest BCUT2D eigenvalue weighted by Crippen LogP contribution is -2.40. The van der Waals surface area contributed by atoms with Gasteiger partial charge in [-0.05, 0) is 70.6 Å². The quantitative estimate of drug-likeness (QED) is 0.0218. The third kappa shape index (κ3) is 37.6. The van der Waals surface area contributed by atoms with Crippen molar-refractivity contribution >= 4 is 17.9 Å². The Morgan fingerprint density at radius 2 is 1.02 bits per heavy atom. The third-order valence-corrected chi connectivity index (χ3v) is 8.87. The van der Waals surface area contributed by atoms with Crippen LogP contribution in [-0.4, -0.2) is 87.4 Å². The summed E-state index contributed by atoms with van der Waals surface area (Å²) in [7, 11) is 5.94. The smallest absolute Gasteiger partial charge is 0.361 e. The van der Waals surface area contributed by atoms with Crippen LogP contribution in [0.4, 0.5) is 0 Å². The standard InChI is InChI=1S/C44H79NO8/c1-6-8-10-12-14-16-18-20-21-22-23-25-27-29-31-33-35-42(47)53-40(39-52-44(43(48)49)50-37-36-45(3,4)5)38-51-41(46)34-32-30-28-26-24-19-17-15-13-11-9-7-2/h15-18,21-22,40,44H,6-14,19-20,23-39H2,1-5H3/p+1/b17-15-,18-16-,22-21-. The summed E-state index contributed by atoms with van der Waals surface area (Å²) in [6.07, 6.45) is 36.3. The van der Waals surface area contributed by atoms with Gasteiger partial charge >= 0.3 is 17.9 Å². The zero-order valence-corrected chi connectivity index (χ0v) is 34.7. The number of aliphatic carboxylic acids is 1. The van der Waals surface area contributed by atoms with Gasteiger partial charge in [0.1, 0.15) is 13.2 Å². The van der Waals surface area contributed by atoms with Crippen LogP contribution in [0, 0.1) is 0 Å². The van der Waals surface area contributed by atoms with Crippen LogP contribution >= 0.6 is 0 Å². The second kappa shape index (κ2) is 36.5. The maximum absolute atomic E-state index is 12.7. The van der Waals surface area contributed by atoms with Crippen LogP contribution in [0.5, 0.6) is 0 Å². The molecule has 0 aliphatic rings. The van der Waals surface area contributed by atoms with Crippen molar-refractivity contribution in [1.29, 1.82) is 0 Å². The molecule has 0 aromatic heterocycles. The van der Waals surface area contributed by atoms with Crippen LogP contribution in [0.2, 0.25) is 0 Å². The van der Waals surface area contributed by atoms with Crippen molar-refractivity contribution in [2.75, 3.05) is 47.5 Å². The number of carbonyl (C=O) groups excluding carboxylic acids is 2. The molecule has 0 saturated carbocycles. The number of carboxylic acid groups (broad SMARTS) is 1. The van der Waals surface area contributed by atoms with E-state index >= 15 is 0 Å². The van der Waals surface area contributed by atoms with Gasteiger partial charge < -0.3 is 28.5 Å². The Bertz CT molecular complexity index is 971. The molecule has 0 aliphatic carbocycles. The number of rotatable bonds is 38. The molecule has 308 valence electrons. The predicted octanol–water partition coefficient (Wildman–Crippen LogP) is 10.7. The number of carboxylic acids is 1. The molecule has 0 aromatic carbocycles. The zero-order valence-electron chi connectivity index (χ0n) is 34.7. The SMILES string of the molecule is CCCCC/C=C\CCCCCCCC(=O)OCC(COC(OCC[N+](C)(C)C)C(=O)O)OC(=O)CCCCCCC/C=C\C/C=C\CCCCCC. The highest BCUT2D eigenvalue weighted by molar-refractivity contribution is 5.71. The Hall–Kier alpha value is -2.49. The molecular weight excluding hydrogens is 670 g/mol.